The molecule has 0 aromatic heterocycles. The molecule has 1 fully saturated rings. The number of ether oxygens (including phenoxy) is 2. The maximum atomic E-state index is 5.65. The zero-order valence-corrected chi connectivity index (χ0v) is 7.67. The summed E-state index contributed by atoms with van der Waals surface area (Å²) in [5.74, 6) is 0.656. The normalized spacial score (nSPS) is 30.5. The van der Waals surface area contributed by atoms with Crippen LogP contribution in [0.3, 0.4) is 0 Å². The zero-order valence-electron chi connectivity index (χ0n) is 7.67. The number of rotatable bonds is 0. The van der Waals surface area contributed by atoms with Crippen molar-refractivity contribution in [2.75, 3.05) is 27.4 Å². The Kier molecular flexibility index (Phi) is 6.51. The van der Waals surface area contributed by atoms with Gasteiger partial charge >= 0.3 is 0 Å². The molecule has 2 N–H and O–H groups in total. The minimum atomic E-state index is 0.281. The van der Waals surface area contributed by atoms with Crippen molar-refractivity contribution in [1.29, 1.82) is 0 Å². The number of methoxy groups -OCH3 is 1. The molecule has 0 saturated carbocycles. The molecule has 0 aromatic carbocycles. The van der Waals surface area contributed by atoms with Gasteiger partial charge in [-0.2, -0.15) is 0 Å². The SMILES string of the molecule is CC1CCOCC1N.COC. The predicted octanol–water partition coefficient (Wildman–Crippen LogP) is 0.633. The molecule has 0 aromatic rings. The van der Waals surface area contributed by atoms with Crippen molar-refractivity contribution < 1.29 is 9.47 Å². The molecule has 1 rings (SSSR count). The number of nitrogens with two attached hydrogens (primary N) is 1. The van der Waals surface area contributed by atoms with Gasteiger partial charge in [-0.25, -0.2) is 0 Å². The summed E-state index contributed by atoms with van der Waals surface area (Å²) < 4.78 is 9.38. The van der Waals surface area contributed by atoms with Gasteiger partial charge in [-0.05, 0) is 12.3 Å². The first-order valence-corrected chi connectivity index (χ1v) is 3.95. The molecule has 2 unspecified atom stereocenters. The van der Waals surface area contributed by atoms with Gasteiger partial charge in [-0.15, -0.1) is 0 Å². The van der Waals surface area contributed by atoms with Crippen LogP contribution in [0.5, 0.6) is 0 Å². The van der Waals surface area contributed by atoms with Crippen LogP contribution in [0.15, 0.2) is 0 Å². The second-order valence-corrected chi connectivity index (χ2v) is 2.91. The van der Waals surface area contributed by atoms with E-state index in [2.05, 4.69) is 11.7 Å². The van der Waals surface area contributed by atoms with Crippen molar-refractivity contribution in [3.63, 3.8) is 0 Å². The van der Waals surface area contributed by atoms with Crippen LogP contribution in [0.2, 0.25) is 0 Å². The Morgan fingerprint density at radius 3 is 2.27 bits per heavy atom. The van der Waals surface area contributed by atoms with Crippen molar-refractivity contribution in [1.82, 2.24) is 0 Å². The summed E-state index contributed by atoms with van der Waals surface area (Å²) in [6.07, 6.45) is 1.13. The molecule has 3 heteroatoms. The molecule has 68 valence electrons. The average molecular weight is 161 g/mol. The van der Waals surface area contributed by atoms with E-state index in [1.54, 1.807) is 14.2 Å². The summed E-state index contributed by atoms with van der Waals surface area (Å²) in [6.45, 7) is 3.82. The van der Waals surface area contributed by atoms with E-state index in [9.17, 15) is 0 Å². The van der Waals surface area contributed by atoms with Crippen molar-refractivity contribution in [3.05, 3.63) is 0 Å². The van der Waals surface area contributed by atoms with E-state index in [-0.39, 0.29) is 6.04 Å². The first-order valence-electron chi connectivity index (χ1n) is 3.95. The maximum absolute atomic E-state index is 5.65. The standard InChI is InChI=1S/C6H13NO.C2H6O/c1-5-2-3-8-4-6(5)7;1-3-2/h5-6H,2-4,7H2,1H3;1-2H3. The van der Waals surface area contributed by atoms with Crippen molar-refractivity contribution in [2.45, 2.75) is 19.4 Å². The quantitative estimate of drug-likeness (QED) is 0.567. The summed E-state index contributed by atoms with van der Waals surface area (Å²) in [6, 6.07) is 0.281. The van der Waals surface area contributed by atoms with Crippen LogP contribution in [0.25, 0.3) is 0 Å². The van der Waals surface area contributed by atoms with Gasteiger partial charge < -0.3 is 15.2 Å². The minimum absolute atomic E-state index is 0.281. The highest BCUT2D eigenvalue weighted by Gasteiger charge is 2.16. The third kappa shape index (κ3) is 5.18. The average Bonchev–Trinajstić information content (AvgIpc) is 1.97. The summed E-state index contributed by atoms with van der Waals surface area (Å²) in [5, 5.41) is 0. The van der Waals surface area contributed by atoms with Crippen LogP contribution in [-0.4, -0.2) is 33.5 Å². The molecule has 1 aliphatic heterocycles. The molecular weight excluding hydrogens is 142 g/mol. The molecule has 11 heavy (non-hydrogen) atoms. The highest BCUT2D eigenvalue weighted by molar-refractivity contribution is 4.71. The lowest BCUT2D eigenvalue weighted by Crippen LogP contribution is -2.37. The van der Waals surface area contributed by atoms with Crippen LogP contribution in [0.4, 0.5) is 0 Å². The lowest BCUT2D eigenvalue weighted by Gasteiger charge is -2.24. The molecule has 0 radical (unpaired) electrons. The van der Waals surface area contributed by atoms with Crippen molar-refractivity contribution in [2.24, 2.45) is 11.7 Å². The monoisotopic (exact) mass is 161 g/mol. The van der Waals surface area contributed by atoms with E-state index in [0.29, 0.717) is 5.92 Å². The van der Waals surface area contributed by atoms with E-state index in [4.69, 9.17) is 10.5 Å². The topological polar surface area (TPSA) is 44.5 Å². The van der Waals surface area contributed by atoms with Gasteiger partial charge in [0.1, 0.15) is 0 Å². The molecule has 1 saturated heterocycles. The molecular formula is C8H19NO2. The molecule has 0 amide bonds. The smallest absolute Gasteiger partial charge is 0.0620 e. The molecule has 3 nitrogen and oxygen atoms in total. The van der Waals surface area contributed by atoms with Crippen LogP contribution >= 0.6 is 0 Å². The molecule has 0 bridgehead atoms. The fourth-order valence-corrected chi connectivity index (χ4v) is 0.867. The zero-order chi connectivity index (χ0) is 8.69. The summed E-state index contributed by atoms with van der Waals surface area (Å²) in [4.78, 5) is 0. The molecule has 2 atom stereocenters. The first-order chi connectivity index (χ1) is 5.22. The van der Waals surface area contributed by atoms with E-state index in [1.807, 2.05) is 0 Å². The van der Waals surface area contributed by atoms with Crippen LogP contribution in [0.1, 0.15) is 13.3 Å². The molecule has 1 heterocycles. The second-order valence-electron chi connectivity index (χ2n) is 2.91. The fraction of sp³-hybridized carbons (Fsp3) is 1.00. The van der Waals surface area contributed by atoms with Crippen molar-refractivity contribution in [3.8, 4) is 0 Å². The van der Waals surface area contributed by atoms with Crippen LogP contribution in [-0.2, 0) is 9.47 Å². The molecule has 1 aliphatic rings. The molecule has 0 spiro atoms. The lowest BCUT2D eigenvalue weighted by atomic mass is 9.98. The third-order valence-corrected chi connectivity index (χ3v) is 1.76. The Morgan fingerprint density at radius 1 is 1.45 bits per heavy atom. The Morgan fingerprint density at radius 2 is 2.00 bits per heavy atom. The van der Waals surface area contributed by atoms with E-state index < -0.39 is 0 Å². The first kappa shape index (κ1) is 10.9. The van der Waals surface area contributed by atoms with E-state index >= 15 is 0 Å². The van der Waals surface area contributed by atoms with E-state index in [1.165, 1.54) is 0 Å². The Balaban J connectivity index is 0.000000292. The number of hydrogen-bond donors (Lipinski definition) is 1. The Labute approximate surface area is 68.9 Å². The summed E-state index contributed by atoms with van der Waals surface area (Å²) >= 11 is 0. The van der Waals surface area contributed by atoms with Crippen LogP contribution < -0.4 is 5.73 Å². The maximum Gasteiger partial charge on any atom is 0.0620 e. The van der Waals surface area contributed by atoms with Gasteiger partial charge in [0.25, 0.3) is 0 Å². The predicted molar refractivity (Wildman–Crippen MR) is 45.5 cm³/mol. The number of hydrogen-bond acceptors (Lipinski definition) is 3. The second kappa shape index (κ2) is 6.58. The summed E-state index contributed by atoms with van der Waals surface area (Å²) in [5.41, 5.74) is 5.65. The van der Waals surface area contributed by atoms with E-state index in [0.717, 1.165) is 19.6 Å². The Bertz CT molecular complexity index is 78.2. The third-order valence-electron chi connectivity index (χ3n) is 1.76. The summed E-state index contributed by atoms with van der Waals surface area (Å²) in [7, 11) is 3.25. The Hall–Kier alpha value is -0.120. The highest BCUT2D eigenvalue weighted by Crippen LogP contribution is 2.11. The lowest BCUT2D eigenvalue weighted by molar-refractivity contribution is 0.0546. The van der Waals surface area contributed by atoms with Gasteiger partial charge in [0.15, 0.2) is 0 Å². The van der Waals surface area contributed by atoms with Gasteiger partial charge in [-0.1, -0.05) is 6.92 Å². The van der Waals surface area contributed by atoms with Gasteiger partial charge in [-0.3, -0.25) is 0 Å². The van der Waals surface area contributed by atoms with Crippen LogP contribution in [0, 0.1) is 5.92 Å². The van der Waals surface area contributed by atoms with Gasteiger partial charge in [0.2, 0.25) is 0 Å². The van der Waals surface area contributed by atoms with Gasteiger partial charge in [0, 0.05) is 26.9 Å². The largest absolute Gasteiger partial charge is 0.388 e. The highest BCUT2D eigenvalue weighted by atomic mass is 16.5. The van der Waals surface area contributed by atoms with Crippen molar-refractivity contribution >= 4 is 0 Å². The molecule has 0 aliphatic carbocycles. The minimum Gasteiger partial charge on any atom is -0.388 e. The fourth-order valence-electron chi connectivity index (χ4n) is 0.867. The van der Waals surface area contributed by atoms with Gasteiger partial charge in [0.05, 0.1) is 6.61 Å².